The van der Waals surface area contributed by atoms with Gasteiger partial charge in [-0.1, -0.05) is 6.42 Å². The molecule has 0 spiro atoms. The van der Waals surface area contributed by atoms with Crippen LogP contribution in [-0.2, 0) is 13.1 Å². The van der Waals surface area contributed by atoms with Crippen molar-refractivity contribution in [1.82, 2.24) is 9.47 Å². The number of likely N-dealkylation sites (tertiary alicyclic amines) is 1. The first-order valence-corrected chi connectivity index (χ1v) is 7.17. The Balaban J connectivity index is 2.46. The van der Waals surface area contributed by atoms with Crippen molar-refractivity contribution in [1.29, 1.82) is 5.26 Å². The molecule has 2 rings (SSSR count). The lowest BCUT2D eigenvalue weighted by molar-refractivity contribution is 0.216. The van der Waals surface area contributed by atoms with E-state index in [0.29, 0.717) is 24.2 Å². The van der Waals surface area contributed by atoms with E-state index in [0.717, 1.165) is 13.1 Å². The predicted octanol–water partition coefficient (Wildman–Crippen LogP) is 1.74. The summed E-state index contributed by atoms with van der Waals surface area (Å²) < 4.78 is 1.28. The van der Waals surface area contributed by atoms with Gasteiger partial charge in [0.15, 0.2) is 5.88 Å². The van der Waals surface area contributed by atoms with Crippen LogP contribution in [0, 0.1) is 18.3 Å². The lowest BCUT2D eigenvalue weighted by Crippen LogP contribution is -2.31. The molecule has 2 heterocycles. The quantitative estimate of drug-likeness (QED) is 0.912. The average molecular weight is 275 g/mol. The zero-order valence-corrected chi connectivity index (χ0v) is 12.1. The first kappa shape index (κ1) is 14.6. The molecule has 0 amide bonds. The molecular weight excluding hydrogens is 254 g/mol. The number of hydrogen-bond acceptors (Lipinski definition) is 4. The van der Waals surface area contributed by atoms with Crippen LogP contribution in [0.1, 0.15) is 42.9 Å². The molecule has 0 atom stereocenters. The number of nitrogens with zero attached hydrogens (tertiary/aromatic N) is 3. The van der Waals surface area contributed by atoms with Crippen LogP contribution in [0.2, 0.25) is 0 Å². The number of aromatic nitrogens is 1. The highest BCUT2D eigenvalue weighted by atomic mass is 16.3. The van der Waals surface area contributed by atoms with Crippen molar-refractivity contribution in [2.45, 2.75) is 46.2 Å². The number of rotatable bonds is 3. The minimum atomic E-state index is -0.396. The molecule has 1 aromatic rings. The second-order valence-electron chi connectivity index (χ2n) is 5.30. The Bertz CT molecular complexity index is 593. The van der Waals surface area contributed by atoms with Gasteiger partial charge in [-0.3, -0.25) is 14.3 Å². The maximum absolute atomic E-state index is 12.1. The van der Waals surface area contributed by atoms with E-state index in [1.807, 2.05) is 6.07 Å². The highest BCUT2D eigenvalue weighted by molar-refractivity contribution is 5.45. The summed E-state index contributed by atoms with van der Waals surface area (Å²) in [4.78, 5) is 14.4. The van der Waals surface area contributed by atoms with Crippen LogP contribution >= 0.6 is 0 Å². The van der Waals surface area contributed by atoms with Gasteiger partial charge in [-0.05, 0) is 45.3 Å². The number of nitriles is 1. The molecule has 1 fully saturated rings. The van der Waals surface area contributed by atoms with Gasteiger partial charge in [-0.2, -0.15) is 5.26 Å². The summed E-state index contributed by atoms with van der Waals surface area (Å²) in [7, 11) is 0. The molecule has 0 aromatic carbocycles. The summed E-state index contributed by atoms with van der Waals surface area (Å²) in [6.45, 7) is 6.53. The van der Waals surface area contributed by atoms with Gasteiger partial charge in [-0.25, -0.2) is 0 Å². The summed E-state index contributed by atoms with van der Waals surface area (Å²) in [5.74, 6) is 0.0135. The predicted molar refractivity (Wildman–Crippen MR) is 76.6 cm³/mol. The van der Waals surface area contributed by atoms with Crippen molar-refractivity contribution < 1.29 is 5.11 Å². The Morgan fingerprint density at radius 1 is 1.30 bits per heavy atom. The molecule has 0 aliphatic carbocycles. The smallest absolute Gasteiger partial charge is 0.271 e. The maximum atomic E-state index is 12.1. The fourth-order valence-corrected chi connectivity index (χ4v) is 2.83. The Hall–Kier alpha value is -1.80. The van der Waals surface area contributed by atoms with Crippen molar-refractivity contribution in [3.8, 4) is 11.9 Å². The van der Waals surface area contributed by atoms with Crippen molar-refractivity contribution in [3.05, 3.63) is 27.0 Å². The number of pyridine rings is 1. The summed E-state index contributed by atoms with van der Waals surface area (Å²) in [5, 5.41) is 19.5. The third-order valence-corrected chi connectivity index (χ3v) is 4.07. The molecule has 1 aliphatic heterocycles. The fraction of sp³-hybridized carbons (Fsp3) is 0.600. The largest absolute Gasteiger partial charge is 0.494 e. The molecular formula is C15H21N3O2. The van der Waals surface area contributed by atoms with Crippen LogP contribution in [0.25, 0.3) is 0 Å². The highest BCUT2D eigenvalue weighted by Crippen LogP contribution is 2.24. The van der Waals surface area contributed by atoms with Crippen molar-refractivity contribution >= 4 is 0 Å². The lowest BCUT2D eigenvalue weighted by Gasteiger charge is -2.27. The van der Waals surface area contributed by atoms with E-state index < -0.39 is 5.56 Å². The van der Waals surface area contributed by atoms with Crippen LogP contribution in [0.4, 0.5) is 0 Å². The molecule has 1 N–H and O–H groups in total. The third-order valence-electron chi connectivity index (χ3n) is 4.07. The van der Waals surface area contributed by atoms with Crippen LogP contribution in [0.3, 0.4) is 0 Å². The van der Waals surface area contributed by atoms with Gasteiger partial charge in [0.1, 0.15) is 11.6 Å². The van der Waals surface area contributed by atoms with Gasteiger partial charge in [0.05, 0.1) is 0 Å². The third kappa shape index (κ3) is 2.56. The minimum absolute atomic E-state index is 0.0135. The van der Waals surface area contributed by atoms with Crippen LogP contribution in [0.15, 0.2) is 4.79 Å². The molecule has 5 heteroatoms. The number of aromatic hydroxyl groups is 1. The molecule has 1 aliphatic rings. The summed E-state index contributed by atoms with van der Waals surface area (Å²) in [5.41, 5.74) is 1.08. The van der Waals surface area contributed by atoms with Crippen molar-refractivity contribution in [2.75, 3.05) is 13.1 Å². The first-order chi connectivity index (χ1) is 9.60. The lowest BCUT2D eigenvalue weighted by atomic mass is 10.0. The molecule has 1 aromatic heterocycles. The summed E-state index contributed by atoms with van der Waals surface area (Å²) in [6, 6.07) is 1.98. The monoisotopic (exact) mass is 275 g/mol. The maximum Gasteiger partial charge on any atom is 0.271 e. The molecule has 1 saturated heterocycles. The van der Waals surface area contributed by atoms with Gasteiger partial charge in [0.25, 0.3) is 5.56 Å². The molecule has 20 heavy (non-hydrogen) atoms. The molecule has 5 nitrogen and oxygen atoms in total. The zero-order valence-electron chi connectivity index (χ0n) is 12.1. The van der Waals surface area contributed by atoms with Crippen molar-refractivity contribution in [2.24, 2.45) is 0 Å². The molecule has 0 unspecified atom stereocenters. The van der Waals surface area contributed by atoms with Gasteiger partial charge in [-0.15, -0.1) is 0 Å². The van der Waals surface area contributed by atoms with Gasteiger partial charge < -0.3 is 5.11 Å². The van der Waals surface area contributed by atoms with Gasteiger partial charge >= 0.3 is 0 Å². The molecule has 0 saturated carbocycles. The van der Waals surface area contributed by atoms with Crippen LogP contribution in [-0.4, -0.2) is 27.7 Å². The second kappa shape index (κ2) is 6.10. The van der Waals surface area contributed by atoms with E-state index in [4.69, 9.17) is 0 Å². The highest BCUT2D eigenvalue weighted by Gasteiger charge is 2.20. The van der Waals surface area contributed by atoms with Crippen molar-refractivity contribution in [3.63, 3.8) is 0 Å². The summed E-state index contributed by atoms with van der Waals surface area (Å²) in [6.07, 6.45) is 3.58. The second-order valence-corrected chi connectivity index (χ2v) is 5.30. The minimum Gasteiger partial charge on any atom is -0.494 e. The van der Waals surface area contributed by atoms with Crippen LogP contribution < -0.4 is 5.56 Å². The van der Waals surface area contributed by atoms with E-state index >= 15 is 0 Å². The Morgan fingerprint density at radius 3 is 2.50 bits per heavy atom. The van der Waals surface area contributed by atoms with E-state index in [-0.39, 0.29) is 11.4 Å². The van der Waals surface area contributed by atoms with Gasteiger partial charge in [0, 0.05) is 18.7 Å². The van der Waals surface area contributed by atoms with E-state index in [2.05, 4.69) is 4.90 Å². The molecule has 0 bridgehead atoms. The first-order valence-electron chi connectivity index (χ1n) is 7.17. The van der Waals surface area contributed by atoms with E-state index in [1.54, 1.807) is 13.8 Å². The average Bonchev–Trinajstić information content (AvgIpc) is 2.46. The van der Waals surface area contributed by atoms with E-state index in [9.17, 15) is 15.2 Å². The van der Waals surface area contributed by atoms with Gasteiger partial charge in [0.2, 0.25) is 0 Å². The number of hydrogen-bond donors (Lipinski definition) is 1. The normalized spacial score (nSPS) is 16.1. The Kier molecular flexibility index (Phi) is 4.46. The zero-order chi connectivity index (χ0) is 14.7. The van der Waals surface area contributed by atoms with E-state index in [1.165, 1.54) is 23.8 Å². The topological polar surface area (TPSA) is 69.3 Å². The Morgan fingerprint density at radius 2 is 1.95 bits per heavy atom. The molecule has 108 valence electrons. The SMILES string of the molecule is CCn1c(O)c(CN2CCCCC2)c(C)c(C#N)c1=O. The summed E-state index contributed by atoms with van der Waals surface area (Å²) >= 11 is 0. The fourth-order valence-electron chi connectivity index (χ4n) is 2.83. The Labute approximate surface area is 119 Å². The molecule has 0 radical (unpaired) electrons. The van der Waals surface area contributed by atoms with Crippen LogP contribution in [0.5, 0.6) is 5.88 Å². The number of piperidine rings is 1. The standard InChI is InChI=1S/C15H21N3O2/c1-3-18-14(19)12(9-16)11(2)13(15(18)20)10-17-7-5-4-6-8-17/h20H,3-8,10H2,1-2H3.